The van der Waals surface area contributed by atoms with Crippen molar-refractivity contribution in [1.82, 2.24) is 4.98 Å². The van der Waals surface area contributed by atoms with E-state index in [4.69, 9.17) is 9.47 Å². The summed E-state index contributed by atoms with van der Waals surface area (Å²) in [6.07, 6.45) is 1.72. The fraction of sp³-hybridized carbons (Fsp3) is 0.312. The largest absolute Gasteiger partial charge is 0.493 e. The number of aryl methyl sites for hydroxylation is 1. The topological polar surface area (TPSA) is 43.4 Å². The predicted octanol–water partition coefficient (Wildman–Crippen LogP) is 3.33. The maximum absolute atomic E-state index is 5.38. The number of benzene rings is 1. The van der Waals surface area contributed by atoms with Crippen molar-refractivity contribution in [3.63, 3.8) is 0 Å². The van der Waals surface area contributed by atoms with Gasteiger partial charge in [-0.05, 0) is 31.0 Å². The average molecular weight is 272 g/mol. The van der Waals surface area contributed by atoms with Crippen molar-refractivity contribution >= 4 is 5.69 Å². The second kappa shape index (κ2) is 6.28. The van der Waals surface area contributed by atoms with E-state index in [1.54, 1.807) is 26.5 Å². The molecule has 0 amide bonds. The Hall–Kier alpha value is -2.23. The highest BCUT2D eigenvalue weighted by atomic mass is 16.5. The number of methoxy groups -OCH3 is 2. The van der Waals surface area contributed by atoms with Crippen LogP contribution in [0.1, 0.15) is 16.8 Å². The summed E-state index contributed by atoms with van der Waals surface area (Å²) in [4.78, 5) is 4.36. The van der Waals surface area contributed by atoms with Crippen LogP contribution in [0.3, 0.4) is 0 Å². The van der Waals surface area contributed by atoms with Gasteiger partial charge in [0.2, 0.25) is 0 Å². The molecule has 0 atom stereocenters. The van der Waals surface area contributed by atoms with Gasteiger partial charge in [-0.2, -0.15) is 0 Å². The van der Waals surface area contributed by atoms with Gasteiger partial charge in [0.25, 0.3) is 0 Å². The van der Waals surface area contributed by atoms with Crippen LogP contribution in [-0.2, 0) is 6.54 Å². The highest BCUT2D eigenvalue weighted by Crippen LogP contribution is 2.29. The molecule has 0 saturated carbocycles. The lowest BCUT2D eigenvalue weighted by molar-refractivity contribution is 0.350. The number of aromatic nitrogens is 1. The molecule has 0 spiro atoms. The third kappa shape index (κ3) is 2.85. The molecule has 0 unspecified atom stereocenters. The molecule has 2 aromatic rings. The minimum atomic E-state index is 0.588. The van der Waals surface area contributed by atoms with Crippen LogP contribution >= 0.6 is 0 Å². The van der Waals surface area contributed by atoms with Gasteiger partial charge in [0.15, 0.2) is 11.5 Å². The maximum Gasteiger partial charge on any atom is 0.184 e. The van der Waals surface area contributed by atoms with Crippen LogP contribution in [0.25, 0.3) is 0 Å². The van der Waals surface area contributed by atoms with Gasteiger partial charge in [0.1, 0.15) is 5.69 Å². The lowest BCUT2D eigenvalue weighted by atomic mass is 10.1. The van der Waals surface area contributed by atoms with E-state index in [0.29, 0.717) is 18.0 Å². The molecule has 1 N–H and O–H groups in total. The summed E-state index contributed by atoms with van der Waals surface area (Å²) in [5.41, 5.74) is 4.44. The van der Waals surface area contributed by atoms with Crippen LogP contribution in [0.15, 0.2) is 30.5 Å². The standard InChI is InChI=1S/C16H20N2O2/c1-11-6-5-7-13(12(11)2)18-10-14-16(20-4)15(19-3)8-9-17-14/h5-9,18H,10H2,1-4H3. The summed E-state index contributed by atoms with van der Waals surface area (Å²) in [6.45, 7) is 4.80. The fourth-order valence-electron chi connectivity index (χ4n) is 2.10. The number of nitrogens with one attached hydrogen (secondary N) is 1. The molecule has 1 aromatic carbocycles. The van der Waals surface area contributed by atoms with E-state index in [9.17, 15) is 0 Å². The van der Waals surface area contributed by atoms with Crippen molar-refractivity contribution in [1.29, 1.82) is 0 Å². The van der Waals surface area contributed by atoms with Gasteiger partial charge >= 0.3 is 0 Å². The Labute approximate surface area is 119 Å². The summed E-state index contributed by atoms with van der Waals surface area (Å²) in [6, 6.07) is 8.00. The Morgan fingerprint density at radius 1 is 1.10 bits per heavy atom. The van der Waals surface area contributed by atoms with E-state index in [0.717, 1.165) is 11.4 Å². The van der Waals surface area contributed by atoms with E-state index in [1.165, 1.54) is 11.1 Å². The van der Waals surface area contributed by atoms with Crippen LogP contribution in [0.5, 0.6) is 11.5 Å². The number of rotatable bonds is 5. The number of anilines is 1. The van der Waals surface area contributed by atoms with Crippen molar-refractivity contribution in [3.8, 4) is 11.5 Å². The van der Waals surface area contributed by atoms with E-state index in [2.05, 4.69) is 36.3 Å². The van der Waals surface area contributed by atoms with Gasteiger partial charge in [0.05, 0.1) is 20.8 Å². The van der Waals surface area contributed by atoms with Crippen molar-refractivity contribution < 1.29 is 9.47 Å². The highest BCUT2D eigenvalue weighted by molar-refractivity contribution is 5.54. The first-order valence-electron chi connectivity index (χ1n) is 6.53. The van der Waals surface area contributed by atoms with Crippen molar-refractivity contribution in [2.45, 2.75) is 20.4 Å². The molecule has 0 aliphatic rings. The highest BCUT2D eigenvalue weighted by Gasteiger charge is 2.11. The Morgan fingerprint density at radius 3 is 2.60 bits per heavy atom. The molecule has 106 valence electrons. The van der Waals surface area contributed by atoms with Gasteiger partial charge in [-0.1, -0.05) is 12.1 Å². The first-order valence-corrected chi connectivity index (χ1v) is 6.53. The molecule has 2 rings (SSSR count). The molecule has 0 aliphatic heterocycles. The Balaban J connectivity index is 2.21. The molecule has 20 heavy (non-hydrogen) atoms. The van der Waals surface area contributed by atoms with Gasteiger partial charge in [0, 0.05) is 18.0 Å². The molecule has 0 aliphatic carbocycles. The molecular formula is C16H20N2O2. The molecule has 0 fully saturated rings. The summed E-state index contributed by atoms with van der Waals surface area (Å²) in [5, 5.41) is 3.40. The van der Waals surface area contributed by atoms with E-state index >= 15 is 0 Å². The third-order valence-corrected chi connectivity index (χ3v) is 3.42. The zero-order valence-corrected chi connectivity index (χ0v) is 12.4. The zero-order valence-electron chi connectivity index (χ0n) is 12.4. The number of pyridine rings is 1. The first kappa shape index (κ1) is 14.2. The Kier molecular flexibility index (Phi) is 4.45. The van der Waals surface area contributed by atoms with E-state index in [1.807, 2.05) is 6.07 Å². The van der Waals surface area contributed by atoms with Crippen molar-refractivity contribution in [3.05, 3.63) is 47.3 Å². The van der Waals surface area contributed by atoms with Crippen LogP contribution in [0.4, 0.5) is 5.69 Å². The van der Waals surface area contributed by atoms with Crippen molar-refractivity contribution in [2.24, 2.45) is 0 Å². The lowest BCUT2D eigenvalue weighted by Gasteiger charge is -2.14. The smallest absolute Gasteiger partial charge is 0.184 e. The Bertz CT molecular complexity index is 597. The van der Waals surface area contributed by atoms with Crippen LogP contribution in [-0.4, -0.2) is 19.2 Å². The van der Waals surface area contributed by atoms with Gasteiger partial charge < -0.3 is 14.8 Å². The summed E-state index contributed by atoms with van der Waals surface area (Å²) >= 11 is 0. The first-order chi connectivity index (χ1) is 9.67. The second-order valence-corrected chi connectivity index (χ2v) is 4.59. The summed E-state index contributed by atoms with van der Waals surface area (Å²) in [5.74, 6) is 1.37. The van der Waals surface area contributed by atoms with Crippen LogP contribution in [0, 0.1) is 13.8 Å². The lowest BCUT2D eigenvalue weighted by Crippen LogP contribution is -2.06. The van der Waals surface area contributed by atoms with Crippen molar-refractivity contribution in [2.75, 3.05) is 19.5 Å². The quantitative estimate of drug-likeness (QED) is 0.906. The normalized spacial score (nSPS) is 10.2. The monoisotopic (exact) mass is 272 g/mol. The number of nitrogens with zero attached hydrogens (tertiary/aromatic N) is 1. The van der Waals surface area contributed by atoms with Gasteiger partial charge in [-0.15, -0.1) is 0 Å². The minimum Gasteiger partial charge on any atom is -0.493 e. The molecule has 0 saturated heterocycles. The molecular weight excluding hydrogens is 252 g/mol. The molecule has 1 aromatic heterocycles. The predicted molar refractivity (Wildman–Crippen MR) is 80.6 cm³/mol. The average Bonchev–Trinajstić information content (AvgIpc) is 2.48. The number of ether oxygens (including phenoxy) is 2. The number of hydrogen-bond acceptors (Lipinski definition) is 4. The fourth-order valence-corrected chi connectivity index (χ4v) is 2.10. The maximum atomic E-state index is 5.38. The van der Waals surface area contributed by atoms with E-state index < -0.39 is 0 Å². The van der Waals surface area contributed by atoms with Gasteiger partial charge in [-0.25, -0.2) is 0 Å². The van der Waals surface area contributed by atoms with Crippen LogP contribution < -0.4 is 14.8 Å². The molecule has 0 bridgehead atoms. The third-order valence-electron chi connectivity index (χ3n) is 3.42. The molecule has 4 heteroatoms. The summed E-state index contributed by atoms with van der Waals surface area (Å²) in [7, 11) is 3.25. The van der Waals surface area contributed by atoms with E-state index in [-0.39, 0.29) is 0 Å². The SMILES string of the molecule is COc1ccnc(CNc2cccc(C)c2C)c1OC. The number of hydrogen-bond donors (Lipinski definition) is 1. The minimum absolute atomic E-state index is 0.588. The Morgan fingerprint density at radius 2 is 1.90 bits per heavy atom. The summed E-state index contributed by atoms with van der Waals surface area (Å²) < 4.78 is 10.7. The molecule has 4 nitrogen and oxygen atoms in total. The molecule has 1 heterocycles. The molecule has 0 radical (unpaired) electrons. The second-order valence-electron chi connectivity index (χ2n) is 4.59. The van der Waals surface area contributed by atoms with Crippen LogP contribution in [0.2, 0.25) is 0 Å². The zero-order chi connectivity index (χ0) is 14.5. The van der Waals surface area contributed by atoms with Gasteiger partial charge in [-0.3, -0.25) is 4.98 Å².